The molecule has 194 valence electrons. The first-order chi connectivity index (χ1) is 17.8. The van der Waals surface area contributed by atoms with Crippen molar-refractivity contribution in [3.05, 3.63) is 58.6 Å². The molecule has 1 aliphatic rings. The Balaban J connectivity index is 1.53. The fraction of sp³-hybridized carbons (Fsp3) is 0.280. The normalized spacial score (nSPS) is 14.1. The highest BCUT2D eigenvalue weighted by Gasteiger charge is 2.24. The summed E-state index contributed by atoms with van der Waals surface area (Å²) in [6.07, 6.45) is 4.61. The maximum absolute atomic E-state index is 14.6. The molecule has 2 aromatic carbocycles. The van der Waals surface area contributed by atoms with Crippen LogP contribution in [-0.2, 0) is 14.3 Å². The predicted octanol–water partition coefficient (Wildman–Crippen LogP) is 4.93. The SMILES string of the molecule is COC(=O)/C=C\C(=O)N1CCC(Oc2cc3c(Nc4ccc(Cl)c(Cl)c4F)ncnc3cc2OC)CC1. The van der Waals surface area contributed by atoms with Gasteiger partial charge in [-0.1, -0.05) is 23.2 Å². The Kier molecular flexibility index (Phi) is 8.30. The molecule has 1 saturated heterocycles. The summed E-state index contributed by atoms with van der Waals surface area (Å²) in [5.41, 5.74) is 0.658. The van der Waals surface area contributed by atoms with Gasteiger partial charge in [-0.05, 0) is 18.2 Å². The molecule has 0 spiro atoms. The number of carbonyl (C=O) groups excluding carboxylic acids is 2. The van der Waals surface area contributed by atoms with Gasteiger partial charge in [-0.15, -0.1) is 0 Å². The molecule has 2 heterocycles. The molecule has 1 aromatic heterocycles. The van der Waals surface area contributed by atoms with Crippen LogP contribution in [0.4, 0.5) is 15.9 Å². The Morgan fingerprint density at radius 1 is 1.11 bits per heavy atom. The van der Waals surface area contributed by atoms with Crippen molar-refractivity contribution in [3.8, 4) is 11.5 Å². The van der Waals surface area contributed by atoms with Crippen LogP contribution in [0.15, 0.2) is 42.7 Å². The topological polar surface area (TPSA) is 103 Å². The minimum absolute atomic E-state index is 0.102. The van der Waals surface area contributed by atoms with E-state index in [-0.39, 0.29) is 27.7 Å². The second kappa shape index (κ2) is 11.6. The third-order valence-corrected chi connectivity index (χ3v) is 6.60. The van der Waals surface area contributed by atoms with Gasteiger partial charge in [0.2, 0.25) is 5.91 Å². The summed E-state index contributed by atoms with van der Waals surface area (Å²) in [4.78, 5) is 33.7. The van der Waals surface area contributed by atoms with E-state index in [0.29, 0.717) is 54.2 Å². The van der Waals surface area contributed by atoms with E-state index in [9.17, 15) is 14.0 Å². The zero-order valence-corrected chi connectivity index (χ0v) is 21.5. The molecule has 9 nitrogen and oxygen atoms in total. The first kappa shape index (κ1) is 26.4. The van der Waals surface area contributed by atoms with Crippen molar-refractivity contribution in [2.45, 2.75) is 18.9 Å². The van der Waals surface area contributed by atoms with Gasteiger partial charge in [-0.3, -0.25) is 4.79 Å². The van der Waals surface area contributed by atoms with Crippen LogP contribution in [0.2, 0.25) is 10.0 Å². The van der Waals surface area contributed by atoms with Gasteiger partial charge < -0.3 is 24.4 Å². The maximum atomic E-state index is 14.6. The molecule has 12 heteroatoms. The molecule has 3 aromatic rings. The number of methoxy groups -OCH3 is 2. The van der Waals surface area contributed by atoms with E-state index in [0.717, 1.165) is 6.08 Å². The molecule has 37 heavy (non-hydrogen) atoms. The van der Waals surface area contributed by atoms with Gasteiger partial charge in [0, 0.05) is 49.5 Å². The molecule has 1 fully saturated rings. The number of esters is 1. The number of halogens is 3. The number of anilines is 2. The molecule has 0 saturated carbocycles. The second-order valence-electron chi connectivity index (χ2n) is 8.09. The molecular formula is C25H23Cl2FN4O5. The number of hydrogen-bond donors (Lipinski definition) is 1. The first-order valence-electron chi connectivity index (χ1n) is 11.3. The number of hydrogen-bond acceptors (Lipinski definition) is 8. The van der Waals surface area contributed by atoms with Crippen LogP contribution in [0.25, 0.3) is 10.9 Å². The van der Waals surface area contributed by atoms with Crippen LogP contribution >= 0.6 is 23.2 Å². The number of piperidine rings is 1. The molecule has 1 amide bonds. The van der Waals surface area contributed by atoms with Crippen LogP contribution in [-0.4, -0.2) is 60.2 Å². The summed E-state index contributed by atoms with van der Waals surface area (Å²) in [5, 5.41) is 3.43. The number of carbonyl (C=O) groups is 2. The van der Waals surface area contributed by atoms with Crippen molar-refractivity contribution >= 4 is 57.5 Å². The number of nitrogens with one attached hydrogen (secondary N) is 1. The molecule has 0 aliphatic carbocycles. The van der Waals surface area contributed by atoms with Crippen molar-refractivity contribution in [1.82, 2.24) is 14.9 Å². The average molecular weight is 549 g/mol. The van der Waals surface area contributed by atoms with Crippen LogP contribution in [0.5, 0.6) is 11.5 Å². The third kappa shape index (κ3) is 6.03. The first-order valence-corrected chi connectivity index (χ1v) is 12.0. The maximum Gasteiger partial charge on any atom is 0.330 e. The van der Waals surface area contributed by atoms with Gasteiger partial charge in [-0.2, -0.15) is 0 Å². The number of nitrogens with zero attached hydrogens (tertiary/aromatic N) is 3. The van der Waals surface area contributed by atoms with Gasteiger partial charge in [0.25, 0.3) is 0 Å². The van der Waals surface area contributed by atoms with E-state index in [2.05, 4.69) is 20.0 Å². The lowest BCUT2D eigenvalue weighted by Crippen LogP contribution is -2.41. The van der Waals surface area contributed by atoms with Crippen molar-refractivity contribution in [3.63, 3.8) is 0 Å². The lowest BCUT2D eigenvalue weighted by atomic mass is 10.1. The van der Waals surface area contributed by atoms with E-state index in [1.807, 2.05) is 0 Å². The standard InChI is InChI=1S/C25H23Cl2FN4O5/c1-35-19-12-18-15(25(30-13-29-18)31-17-4-3-16(26)23(27)24(17)28)11-20(19)37-14-7-9-32(10-8-14)21(33)5-6-22(34)36-2/h3-6,11-14H,7-10H2,1-2H3,(H,29,30,31)/b6-5-. The average Bonchev–Trinajstić information content (AvgIpc) is 2.92. The summed E-state index contributed by atoms with van der Waals surface area (Å²) < 4.78 is 30.9. The van der Waals surface area contributed by atoms with Gasteiger partial charge in [0.15, 0.2) is 17.3 Å². The van der Waals surface area contributed by atoms with Crippen LogP contribution in [0.1, 0.15) is 12.8 Å². The highest BCUT2D eigenvalue weighted by atomic mass is 35.5. The summed E-state index contributed by atoms with van der Waals surface area (Å²) in [5.74, 6) is -0.291. The Labute approximate surface area is 222 Å². The predicted molar refractivity (Wildman–Crippen MR) is 137 cm³/mol. The lowest BCUT2D eigenvalue weighted by molar-refractivity contribution is -0.135. The fourth-order valence-electron chi connectivity index (χ4n) is 3.85. The van der Waals surface area contributed by atoms with Gasteiger partial charge in [-0.25, -0.2) is 19.2 Å². The Morgan fingerprint density at radius 3 is 2.57 bits per heavy atom. The second-order valence-corrected chi connectivity index (χ2v) is 8.87. The van der Waals surface area contributed by atoms with E-state index in [1.54, 1.807) is 17.0 Å². The number of benzene rings is 2. The Bertz CT molecular complexity index is 1360. The molecule has 0 radical (unpaired) electrons. The third-order valence-electron chi connectivity index (χ3n) is 5.82. The van der Waals surface area contributed by atoms with E-state index >= 15 is 0 Å². The highest BCUT2D eigenvalue weighted by molar-refractivity contribution is 6.42. The summed E-state index contributed by atoms with van der Waals surface area (Å²) in [6, 6.07) is 6.38. The van der Waals surface area contributed by atoms with Crippen molar-refractivity contribution in [1.29, 1.82) is 0 Å². The number of amides is 1. The van der Waals surface area contributed by atoms with E-state index < -0.39 is 11.8 Å². The number of rotatable bonds is 7. The Hall–Kier alpha value is -3.63. The molecule has 0 atom stereocenters. The van der Waals surface area contributed by atoms with Crippen LogP contribution < -0.4 is 14.8 Å². The molecule has 1 N–H and O–H groups in total. The highest BCUT2D eigenvalue weighted by Crippen LogP contribution is 2.37. The number of likely N-dealkylation sites (tertiary alicyclic amines) is 1. The Morgan fingerprint density at radius 2 is 1.86 bits per heavy atom. The van der Waals surface area contributed by atoms with E-state index in [4.69, 9.17) is 32.7 Å². The number of fused-ring (bicyclic) bond motifs is 1. The van der Waals surface area contributed by atoms with Gasteiger partial charge >= 0.3 is 5.97 Å². The van der Waals surface area contributed by atoms with Crippen LogP contribution in [0.3, 0.4) is 0 Å². The van der Waals surface area contributed by atoms with Crippen molar-refractivity contribution in [2.75, 3.05) is 32.6 Å². The number of aromatic nitrogens is 2. The van der Waals surface area contributed by atoms with Gasteiger partial charge in [0.05, 0.1) is 35.5 Å². The van der Waals surface area contributed by atoms with Crippen molar-refractivity contribution < 1.29 is 28.2 Å². The van der Waals surface area contributed by atoms with Crippen LogP contribution in [0, 0.1) is 5.82 Å². The van der Waals surface area contributed by atoms with Crippen molar-refractivity contribution in [2.24, 2.45) is 0 Å². The summed E-state index contributed by atoms with van der Waals surface area (Å²) in [7, 11) is 2.77. The number of ether oxygens (including phenoxy) is 3. The lowest BCUT2D eigenvalue weighted by Gasteiger charge is -2.32. The zero-order chi connectivity index (χ0) is 26.5. The summed E-state index contributed by atoms with van der Waals surface area (Å²) >= 11 is 11.8. The molecule has 0 bridgehead atoms. The minimum Gasteiger partial charge on any atom is -0.493 e. The fourth-order valence-corrected chi connectivity index (χ4v) is 4.16. The van der Waals surface area contributed by atoms with E-state index in [1.165, 1.54) is 38.8 Å². The monoisotopic (exact) mass is 548 g/mol. The summed E-state index contributed by atoms with van der Waals surface area (Å²) in [6.45, 7) is 0.912. The molecule has 4 rings (SSSR count). The minimum atomic E-state index is -0.700. The largest absolute Gasteiger partial charge is 0.493 e. The zero-order valence-electron chi connectivity index (χ0n) is 20.0. The molecule has 1 aliphatic heterocycles. The smallest absolute Gasteiger partial charge is 0.330 e. The molecular weight excluding hydrogens is 526 g/mol. The van der Waals surface area contributed by atoms with Gasteiger partial charge in [0.1, 0.15) is 18.2 Å². The molecule has 0 unspecified atom stereocenters. The quantitative estimate of drug-likeness (QED) is 0.252.